The number of rotatable bonds is 7. The van der Waals surface area contributed by atoms with Gasteiger partial charge in [-0.1, -0.05) is 24.0 Å². The van der Waals surface area contributed by atoms with Crippen molar-refractivity contribution in [3.05, 3.63) is 61.5 Å². The van der Waals surface area contributed by atoms with Gasteiger partial charge in [0.25, 0.3) is 11.2 Å². The van der Waals surface area contributed by atoms with Crippen LogP contribution in [0, 0.1) is 24.0 Å². The molecule has 0 unspecified atom stereocenters. The highest BCUT2D eigenvalue weighted by Crippen LogP contribution is 2.23. The Hall–Kier alpha value is -3.34. The average molecular weight is 392 g/mol. The third kappa shape index (κ3) is 4.85. The largest absolute Gasteiger partial charge is 0.457 e. The van der Waals surface area contributed by atoms with Gasteiger partial charge in [0.1, 0.15) is 18.0 Å². The molecule has 0 spiro atoms. The van der Waals surface area contributed by atoms with Gasteiger partial charge in [-0.15, -0.1) is 0 Å². The monoisotopic (exact) mass is 392 g/mol. The normalized spacial score (nSPS) is 10.3. The van der Waals surface area contributed by atoms with Crippen molar-refractivity contribution in [2.45, 2.75) is 20.4 Å². The first kappa shape index (κ1) is 20.0. The molecule has 2 rings (SSSR count). The van der Waals surface area contributed by atoms with Crippen LogP contribution in [0.2, 0.25) is 0 Å². The molecule has 1 amide bonds. The molecular formula is C16H16N4O6S. The van der Waals surface area contributed by atoms with Gasteiger partial charge in [-0.2, -0.15) is 0 Å². The van der Waals surface area contributed by atoms with E-state index in [1.165, 1.54) is 13.0 Å². The van der Waals surface area contributed by atoms with Crippen LogP contribution in [0.4, 0.5) is 10.8 Å². The number of anilines is 1. The van der Waals surface area contributed by atoms with E-state index in [1.807, 2.05) is 0 Å². The summed E-state index contributed by atoms with van der Waals surface area (Å²) >= 11 is 0.925. The number of aromatic nitrogens is 2. The highest BCUT2D eigenvalue weighted by Gasteiger charge is 2.19. The number of ether oxygens (including phenoxy) is 1. The summed E-state index contributed by atoms with van der Waals surface area (Å²) in [6, 6.07) is 1.14. The molecule has 10 nitrogen and oxygen atoms in total. The molecule has 0 aliphatic heterocycles. The lowest BCUT2D eigenvalue weighted by Crippen LogP contribution is -2.28. The molecule has 2 aromatic rings. The Kier molecular flexibility index (Phi) is 6.19. The summed E-state index contributed by atoms with van der Waals surface area (Å²) in [5.74, 6) is -1.20. The van der Waals surface area contributed by atoms with Gasteiger partial charge in [0.2, 0.25) is 5.91 Å². The lowest BCUT2D eigenvalue weighted by Gasteiger charge is -2.06. The molecule has 0 aliphatic carbocycles. The molecule has 0 aliphatic rings. The van der Waals surface area contributed by atoms with Crippen LogP contribution in [0.5, 0.6) is 0 Å². The number of nitrogens with one attached hydrogen (secondary N) is 1. The molecule has 2 aromatic heterocycles. The number of hydrogen-bond acceptors (Lipinski definition) is 8. The van der Waals surface area contributed by atoms with Gasteiger partial charge in [-0.05, 0) is 13.8 Å². The minimum Gasteiger partial charge on any atom is -0.457 e. The van der Waals surface area contributed by atoms with Crippen LogP contribution in [-0.2, 0) is 16.1 Å². The van der Waals surface area contributed by atoms with Crippen LogP contribution in [0.1, 0.15) is 20.9 Å². The maximum Gasteiger partial charge on any atom is 0.350 e. The topological polar surface area (TPSA) is 133 Å². The Morgan fingerprint density at radius 1 is 1.48 bits per heavy atom. The van der Waals surface area contributed by atoms with Crippen LogP contribution in [0.3, 0.4) is 0 Å². The maximum atomic E-state index is 12.2. The Bertz CT molecular complexity index is 978. The number of carbonyl (C=O) groups is 2. The van der Waals surface area contributed by atoms with Crippen molar-refractivity contribution in [1.29, 1.82) is 0 Å². The molecule has 0 aromatic carbocycles. The number of carbonyl (C=O) groups excluding carboxylic acids is 2. The molecule has 142 valence electrons. The Morgan fingerprint density at radius 2 is 2.19 bits per heavy atom. The summed E-state index contributed by atoms with van der Waals surface area (Å²) in [6.07, 6.45) is 2.43. The SMILES string of the molecule is C=CCOC(=O)c1sc(NC(=O)Cn2cc([N+](=O)[O-])cc(C)c2=O)nc1C. The van der Waals surface area contributed by atoms with Crippen LogP contribution < -0.4 is 10.9 Å². The van der Waals surface area contributed by atoms with Gasteiger partial charge in [0.15, 0.2) is 5.13 Å². The number of amides is 1. The average Bonchev–Trinajstić information content (AvgIpc) is 2.96. The van der Waals surface area contributed by atoms with Crippen molar-refractivity contribution in [2.75, 3.05) is 11.9 Å². The van der Waals surface area contributed by atoms with E-state index >= 15 is 0 Å². The van der Waals surface area contributed by atoms with Crippen molar-refractivity contribution in [1.82, 2.24) is 9.55 Å². The molecule has 0 saturated carbocycles. The van der Waals surface area contributed by atoms with Gasteiger partial charge < -0.3 is 10.1 Å². The first-order valence-electron chi connectivity index (χ1n) is 7.63. The lowest BCUT2D eigenvalue weighted by atomic mass is 10.3. The zero-order valence-corrected chi connectivity index (χ0v) is 15.4. The Labute approximate surface area is 157 Å². The van der Waals surface area contributed by atoms with E-state index in [9.17, 15) is 24.5 Å². The van der Waals surface area contributed by atoms with Crippen LogP contribution in [-0.4, -0.2) is 33.0 Å². The summed E-state index contributed by atoms with van der Waals surface area (Å²) in [5.41, 5.74) is -0.279. The smallest absolute Gasteiger partial charge is 0.350 e. The van der Waals surface area contributed by atoms with Crippen molar-refractivity contribution in [3.8, 4) is 0 Å². The van der Waals surface area contributed by atoms with Crippen molar-refractivity contribution in [3.63, 3.8) is 0 Å². The number of pyridine rings is 1. The molecular weight excluding hydrogens is 376 g/mol. The molecule has 0 bridgehead atoms. The maximum absolute atomic E-state index is 12.2. The zero-order valence-electron chi connectivity index (χ0n) is 14.6. The van der Waals surface area contributed by atoms with E-state index in [-0.39, 0.29) is 27.9 Å². The molecule has 0 fully saturated rings. The Morgan fingerprint density at radius 3 is 2.81 bits per heavy atom. The van der Waals surface area contributed by atoms with Crippen molar-refractivity contribution < 1.29 is 19.2 Å². The summed E-state index contributed by atoms with van der Waals surface area (Å²) in [4.78, 5) is 50.7. The summed E-state index contributed by atoms with van der Waals surface area (Å²) in [5, 5.41) is 13.5. The number of nitro groups is 1. The standard InChI is InChI=1S/C16H16N4O6S/c1-4-5-26-15(23)13-10(3)17-16(27-13)18-12(21)8-19-7-11(20(24)25)6-9(2)14(19)22/h4,6-7H,1,5,8H2,2-3H3,(H,17,18,21). The molecule has 0 saturated heterocycles. The van der Waals surface area contributed by atoms with Crippen molar-refractivity contribution in [2.24, 2.45) is 0 Å². The third-order valence-electron chi connectivity index (χ3n) is 3.34. The number of thiazole rings is 1. The van der Waals surface area contributed by atoms with Gasteiger partial charge in [0.05, 0.1) is 16.8 Å². The second kappa shape index (κ2) is 8.36. The second-order valence-corrected chi connectivity index (χ2v) is 6.44. The first-order valence-corrected chi connectivity index (χ1v) is 8.45. The van der Waals surface area contributed by atoms with Crippen LogP contribution in [0.25, 0.3) is 0 Å². The minimum atomic E-state index is -0.647. The minimum absolute atomic E-state index is 0.0485. The van der Waals surface area contributed by atoms with E-state index in [1.54, 1.807) is 6.92 Å². The number of nitrogens with zero attached hydrogens (tertiary/aromatic N) is 3. The summed E-state index contributed by atoms with van der Waals surface area (Å²) in [6.45, 7) is 6.08. The number of aryl methyl sites for hydroxylation is 2. The fraction of sp³-hybridized carbons (Fsp3) is 0.250. The van der Waals surface area contributed by atoms with Gasteiger partial charge >= 0.3 is 5.97 Å². The van der Waals surface area contributed by atoms with Crippen LogP contribution >= 0.6 is 11.3 Å². The lowest BCUT2D eigenvalue weighted by molar-refractivity contribution is -0.385. The van der Waals surface area contributed by atoms with E-state index < -0.39 is 28.9 Å². The van der Waals surface area contributed by atoms with E-state index in [4.69, 9.17) is 4.74 Å². The first-order chi connectivity index (χ1) is 12.7. The highest BCUT2D eigenvalue weighted by atomic mass is 32.1. The van der Waals surface area contributed by atoms with E-state index in [0.717, 1.165) is 28.2 Å². The van der Waals surface area contributed by atoms with Crippen molar-refractivity contribution >= 4 is 34.0 Å². The Balaban J connectivity index is 2.15. The molecule has 27 heavy (non-hydrogen) atoms. The number of esters is 1. The summed E-state index contributed by atoms with van der Waals surface area (Å²) in [7, 11) is 0. The molecule has 0 radical (unpaired) electrons. The summed E-state index contributed by atoms with van der Waals surface area (Å²) < 4.78 is 5.87. The van der Waals surface area contributed by atoms with Gasteiger partial charge in [0, 0.05) is 11.6 Å². The molecule has 11 heteroatoms. The molecule has 1 N–H and O–H groups in total. The highest BCUT2D eigenvalue weighted by molar-refractivity contribution is 7.17. The third-order valence-corrected chi connectivity index (χ3v) is 4.39. The van der Waals surface area contributed by atoms with Gasteiger partial charge in [-0.3, -0.25) is 24.3 Å². The van der Waals surface area contributed by atoms with E-state index in [2.05, 4.69) is 16.9 Å². The predicted molar refractivity (Wildman–Crippen MR) is 98.1 cm³/mol. The molecule has 2 heterocycles. The van der Waals surface area contributed by atoms with Gasteiger partial charge in [-0.25, -0.2) is 9.78 Å². The zero-order chi connectivity index (χ0) is 20.1. The quantitative estimate of drug-likeness (QED) is 0.329. The number of hydrogen-bond donors (Lipinski definition) is 1. The fourth-order valence-electron chi connectivity index (χ4n) is 2.14. The fourth-order valence-corrected chi connectivity index (χ4v) is 3.01. The predicted octanol–water partition coefficient (Wildman–Crippen LogP) is 1.81. The van der Waals surface area contributed by atoms with E-state index in [0.29, 0.717) is 5.69 Å². The molecule has 0 atom stereocenters. The second-order valence-electron chi connectivity index (χ2n) is 5.44. The van der Waals surface area contributed by atoms with Crippen LogP contribution in [0.15, 0.2) is 29.7 Å².